The summed E-state index contributed by atoms with van der Waals surface area (Å²) in [4.78, 5) is 18.6. The van der Waals surface area contributed by atoms with Crippen molar-refractivity contribution >= 4 is 43.9 Å². The van der Waals surface area contributed by atoms with Gasteiger partial charge >= 0.3 is 0 Å². The number of hydrogen-bond donors (Lipinski definition) is 0. The van der Waals surface area contributed by atoms with Gasteiger partial charge in [0.05, 0.1) is 33.0 Å². The number of pyridine rings is 1. The average Bonchev–Trinajstić information content (AvgIpc) is 3.49. The van der Waals surface area contributed by atoms with Gasteiger partial charge in [0.1, 0.15) is 11.2 Å². The van der Waals surface area contributed by atoms with Crippen LogP contribution in [0.3, 0.4) is 0 Å². The second-order valence-electron chi connectivity index (χ2n) is 12.0. The number of nitrogens with zero attached hydrogens (tertiary/aromatic N) is 2. The Kier molecular flexibility index (Phi) is 4.79. The van der Waals surface area contributed by atoms with E-state index in [2.05, 4.69) is 97.3 Å². The SMILES string of the molecule is CC1(C)c2ccccc2-c2nc3c4ccccc4n(-c4ccc(-c5ccc6oc7ccccc7c(=O)c6c5)cc4)c3cc21. The minimum atomic E-state index is -0.133. The molecule has 0 radical (unpaired) electrons. The topological polar surface area (TPSA) is 48.0 Å². The van der Waals surface area contributed by atoms with E-state index in [0.717, 1.165) is 44.4 Å². The first-order valence-corrected chi connectivity index (χ1v) is 14.6. The fourth-order valence-electron chi connectivity index (χ4n) is 7.00. The first-order valence-electron chi connectivity index (χ1n) is 14.6. The van der Waals surface area contributed by atoms with Crippen molar-refractivity contribution in [2.24, 2.45) is 0 Å². The molecule has 9 rings (SSSR count). The van der Waals surface area contributed by atoms with E-state index in [9.17, 15) is 4.79 Å². The van der Waals surface area contributed by atoms with Crippen molar-refractivity contribution in [3.63, 3.8) is 0 Å². The first kappa shape index (κ1) is 24.2. The highest BCUT2D eigenvalue weighted by atomic mass is 16.3. The Morgan fingerprint density at radius 2 is 1.33 bits per heavy atom. The number of hydrogen-bond acceptors (Lipinski definition) is 3. The molecule has 1 aliphatic rings. The van der Waals surface area contributed by atoms with Gasteiger partial charge in [-0.15, -0.1) is 0 Å². The van der Waals surface area contributed by atoms with Gasteiger partial charge in [-0.05, 0) is 70.8 Å². The van der Waals surface area contributed by atoms with Crippen LogP contribution in [0.25, 0.3) is 71.9 Å². The second kappa shape index (κ2) is 8.52. The van der Waals surface area contributed by atoms with Gasteiger partial charge in [-0.3, -0.25) is 4.79 Å². The average molecular weight is 555 g/mol. The van der Waals surface area contributed by atoms with Gasteiger partial charge in [0.25, 0.3) is 0 Å². The van der Waals surface area contributed by atoms with Crippen LogP contribution in [-0.4, -0.2) is 9.55 Å². The van der Waals surface area contributed by atoms with Crippen LogP contribution < -0.4 is 5.43 Å². The molecule has 0 aliphatic heterocycles. The van der Waals surface area contributed by atoms with E-state index in [-0.39, 0.29) is 10.8 Å². The summed E-state index contributed by atoms with van der Waals surface area (Å²) in [5, 5.41) is 2.33. The van der Waals surface area contributed by atoms with Crippen LogP contribution in [0, 0.1) is 0 Å². The van der Waals surface area contributed by atoms with Crippen molar-refractivity contribution in [3.8, 4) is 28.1 Å². The van der Waals surface area contributed by atoms with Crippen molar-refractivity contribution in [3.05, 3.63) is 143 Å². The Bertz CT molecular complexity index is 2500. The van der Waals surface area contributed by atoms with Gasteiger partial charge in [0.15, 0.2) is 0 Å². The highest BCUT2D eigenvalue weighted by Gasteiger charge is 2.37. The molecule has 0 saturated carbocycles. The lowest BCUT2D eigenvalue weighted by Gasteiger charge is -2.21. The molecule has 0 saturated heterocycles. The molecule has 1 aliphatic carbocycles. The van der Waals surface area contributed by atoms with Crippen LogP contribution in [0.1, 0.15) is 25.0 Å². The first-order chi connectivity index (χ1) is 21.0. The third-order valence-electron chi connectivity index (χ3n) is 9.21. The van der Waals surface area contributed by atoms with Crippen LogP contribution in [0.5, 0.6) is 0 Å². The van der Waals surface area contributed by atoms with E-state index in [1.165, 1.54) is 16.7 Å². The third-order valence-corrected chi connectivity index (χ3v) is 9.21. The Morgan fingerprint density at radius 1 is 0.628 bits per heavy atom. The molecule has 204 valence electrons. The predicted molar refractivity (Wildman–Crippen MR) is 175 cm³/mol. The van der Waals surface area contributed by atoms with Crippen LogP contribution in [0.4, 0.5) is 0 Å². The normalized spacial score (nSPS) is 13.6. The van der Waals surface area contributed by atoms with E-state index in [1.807, 2.05) is 42.5 Å². The largest absolute Gasteiger partial charge is 0.456 e. The summed E-state index contributed by atoms with van der Waals surface area (Å²) in [6.07, 6.45) is 0. The van der Waals surface area contributed by atoms with E-state index in [4.69, 9.17) is 9.40 Å². The van der Waals surface area contributed by atoms with E-state index >= 15 is 0 Å². The summed E-state index contributed by atoms with van der Waals surface area (Å²) in [7, 11) is 0. The summed E-state index contributed by atoms with van der Waals surface area (Å²) >= 11 is 0. The van der Waals surface area contributed by atoms with Crippen molar-refractivity contribution in [1.82, 2.24) is 9.55 Å². The molecule has 0 atom stereocenters. The standard InChI is InChI=1S/C39H26N2O2/c1-39(2)30-12-6-3-9-26(30)36-31(39)22-33-37(40-36)27-10-4-7-13-32(27)41(33)25-18-15-23(16-19-25)24-17-20-35-29(21-24)38(42)28-11-5-8-14-34(28)43-35/h3-22H,1-2H3. The summed E-state index contributed by atoms with van der Waals surface area (Å²) in [5.74, 6) is 0. The summed E-state index contributed by atoms with van der Waals surface area (Å²) in [5.41, 5.74) is 12.3. The van der Waals surface area contributed by atoms with Crippen molar-refractivity contribution < 1.29 is 4.42 Å². The maximum absolute atomic E-state index is 13.3. The molecule has 0 amide bonds. The lowest BCUT2D eigenvalue weighted by atomic mass is 9.83. The highest BCUT2D eigenvalue weighted by molar-refractivity contribution is 6.08. The van der Waals surface area contributed by atoms with Crippen LogP contribution in [-0.2, 0) is 5.41 Å². The lowest BCUT2D eigenvalue weighted by Crippen LogP contribution is -2.15. The molecule has 0 fully saturated rings. The number of fused-ring (bicyclic) bond motifs is 8. The maximum atomic E-state index is 13.3. The van der Waals surface area contributed by atoms with Crippen molar-refractivity contribution in [2.45, 2.75) is 19.3 Å². The van der Waals surface area contributed by atoms with Gasteiger partial charge in [0.2, 0.25) is 5.43 Å². The fraction of sp³-hybridized carbons (Fsp3) is 0.0769. The number of para-hydroxylation sites is 2. The molecule has 0 N–H and O–H groups in total. The van der Waals surface area contributed by atoms with Crippen molar-refractivity contribution in [1.29, 1.82) is 0 Å². The minimum absolute atomic E-state index is 0.00860. The molecule has 5 aromatic carbocycles. The zero-order chi connectivity index (χ0) is 28.9. The summed E-state index contributed by atoms with van der Waals surface area (Å²) < 4.78 is 8.35. The van der Waals surface area contributed by atoms with E-state index in [0.29, 0.717) is 21.9 Å². The monoisotopic (exact) mass is 554 g/mol. The van der Waals surface area contributed by atoms with Gasteiger partial charge < -0.3 is 8.98 Å². The van der Waals surface area contributed by atoms with Gasteiger partial charge in [-0.25, -0.2) is 4.98 Å². The fourth-order valence-corrected chi connectivity index (χ4v) is 7.00. The van der Waals surface area contributed by atoms with Gasteiger partial charge in [-0.1, -0.05) is 86.6 Å². The van der Waals surface area contributed by atoms with Crippen molar-refractivity contribution in [2.75, 3.05) is 0 Å². The highest BCUT2D eigenvalue weighted by Crippen LogP contribution is 2.49. The van der Waals surface area contributed by atoms with Gasteiger partial charge in [-0.2, -0.15) is 0 Å². The molecule has 3 heterocycles. The Morgan fingerprint density at radius 3 is 2.19 bits per heavy atom. The van der Waals surface area contributed by atoms with Crippen LogP contribution in [0.2, 0.25) is 0 Å². The maximum Gasteiger partial charge on any atom is 0.200 e. The molecule has 4 heteroatoms. The molecular formula is C39H26N2O2. The Hall–Kier alpha value is -5.48. The van der Waals surface area contributed by atoms with Crippen LogP contribution >= 0.6 is 0 Å². The predicted octanol–water partition coefficient (Wildman–Crippen LogP) is 9.41. The zero-order valence-corrected chi connectivity index (χ0v) is 23.8. The third kappa shape index (κ3) is 3.32. The smallest absolute Gasteiger partial charge is 0.200 e. The quantitative estimate of drug-likeness (QED) is 0.200. The molecule has 0 bridgehead atoms. The van der Waals surface area contributed by atoms with Gasteiger partial charge in [0, 0.05) is 22.1 Å². The molecule has 0 spiro atoms. The summed E-state index contributed by atoms with van der Waals surface area (Å²) in [6.45, 7) is 4.58. The molecule has 4 nitrogen and oxygen atoms in total. The molecule has 3 aromatic heterocycles. The molecule has 43 heavy (non-hydrogen) atoms. The van der Waals surface area contributed by atoms with E-state index in [1.54, 1.807) is 0 Å². The Labute approximate surface area is 247 Å². The zero-order valence-electron chi connectivity index (χ0n) is 23.8. The number of aromatic nitrogens is 2. The van der Waals surface area contributed by atoms with E-state index < -0.39 is 0 Å². The number of benzene rings is 5. The molecular weight excluding hydrogens is 528 g/mol. The Balaban J connectivity index is 1.21. The summed E-state index contributed by atoms with van der Waals surface area (Å²) in [6, 6.07) is 41.3. The molecule has 8 aromatic rings. The lowest BCUT2D eigenvalue weighted by molar-refractivity contribution is 0.659. The molecule has 0 unspecified atom stereocenters. The number of rotatable bonds is 2. The van der Waals surface area contributed by atoms with Crippen LogP contribution in [0.15, 0.2) is 131 Å². The minimum Gasteiger partial charge on any atom is -0.456 e. The second-order valence-corrected chi connectivity index (χ2v) is 12.0.